The molecule has 1 N–H and O–H groups in total. The molecule has 0 radical (unpaired) electrons. The van der Waals surface area contributed by atoms with Gasteiger partial charge in [0.05, 0.1) is 21.2 Å². The molecule has 0 aliphatic carbocycles. The van der Waals surface area contributed by atoms with E-state index in [1.807, 2.05) is 6.92 Å². The molecule has 0 aliphatic heterocycles. The number of hydrogen-bond acceptors (Lipinski definition) is 3. The number of sulfonamides is 1. The van der Waals surface area contributed by atoms with Crippen LogP contribution in [0.15, 0.2) is 41.3 Å². The maximum atomic E-state index is 13.4. The Balaban J connectivity index is 2.44. The first-order valence-corrected chi connectivity index (χ1v) is 7.68. The lowest BCUT2D eigenvalue weighted by Gasteiger charge is -2.10. The van der Waals surface area contributed by atoms with Crippen molar-refractivity contribution in [3.8, 4) is 6.07 Å². The van der Waals surface area contributed by atoms with E-state index in [0.717, 1.165) is 17.7 Å². The lowest BCUT2D eigenvalue weighted by molar-refractivity contribution is 0.601. The van der Waals surface area contributed by atoms with Crippen LogP contribution in [-0.4, -0.2) is 8.42 Å². The number of rotatable bonds is 3. The molecule has 0 atom stereocenters. The number of aryl methyl sites for hydroxylation is 1. The number of benzene rings is 2. The molecule has 2 rings (SSSR count). The van der Waals surface area contributed by atoms with Gasteiger partial charge in [-0.25, -0.2) is 12.8 Å². The maximum absolute atomic E-state index is 13.4. The monoisotopic (exact) mass is 324 g/mol. The molecule has 0 bridgehead atoms. The Kier molecular flexibility index (Phi) is 4.16. The molecule has 0 saturated heterocycles. The van der Waals surface area contributed by atoms with Crippen molar-refractivity contribution >= 4 is 27.3 Å². The fourth-order valence-corrected chi connectivity index (χ4v) is 2.88. The van der Waals surface area contributed by atoms with Gasteiger partial charge in [0.1, 0.15) is 11.9 Å². The molecule has 0 unspecified atom stereocenters. The van der Waals surface area contributed by atoms with Crippen LogP contribution in [0.5, 0.6) is 0 Å². The van der Waals surface area contributed by atoms with E-state index in [1.54, 1.807) is 18.2 Å². The van der Waals surface area contributed by atoms with E-state index in [0.29, 0.717) is 0 Å². The number of nitriles is 1. The number of nitrogens with one attached hydrogen (secondary N) is 1. The van der Waals surface area contributed by atoms with Crippen molar-refractivity contribution in [3.63, 3.8) is 0 Å². The summed E-state index contributed by atoms with van der Waals surface area (Å²) in [7, 11) is -3.90. The zero-order chi connectivity index (χ0) is 15.6. The molecule has 2 aromatic carbocycles. The molecule has 108 valence electrons. The Morgan fingerprint density at radius 1 is 1.24 bits per heavy atom. The van der Waals surface area contributed by atoms with Crippen molar-refractivity contribution in [2.75, 3.05) is 4.72 Å². The number of anilines is 1. The highest BCUT2D eigenvalue weighted by Gasteiger charge is 2.17. The molecule has 0 amide bonds. The molecule has 21 heavy (non-hydrogen) atoms. The summed E-state index contributed by atoms with van der Waals surface area (Å²) < 4.78 is 40.0. The van der Waals surface area contributed by atoms with Gasteiger partial charge in [-0.05, 0) is 25.1 Å². The van der Waals surface area contributed by atoms with E-state index in [1.165, 1.54) is 12.1 Å². The topological polar surface area (TPSA) is 70.0 Å². The minimum absolute atomic E-state index is 0.0207. The minimum Gasteiger partial charge on any atom is -0.278 e. The second kappa shape index (κ2) is 5.72. The summed E-state index contributed by atoms with van der Waals surface area (Å²) in [5, 5.41) is 8.73. The molecule has 0 aliphatic rings. The average Bonchev–Trinajstić information content (AvgIpc) is 2.42. The van der Waals surface area contributed by atoms with Gasteiger partial charge in [0.2, 0.25) is 0 Å². The largest absolute Gasteiger partial charge is 0.278 e. The van der Waals surface area contributed by atoms with Gasteiger partial charge in [-0.15, -0.1) is 0 Å². The third-order valence-corrected chi connectivity index (χ3v) is 4.43. The van der Waals surface area contributed by atoms with Crippen LogP contribution in [0.1, 0.15) is 11.1 Å². The summed E-state index contributed by atoms with van der Waals surface area (Å²) in [6, 6.07) is 9.86. The van der Waals surface area contributed by atoms with Crippen LogP contribution in [0, 0.1) is 24.1 Å². The Morgan fingerprint density at radius 3 is 2.43 bits per heavy atom. The zero-order valence-electron chi connectivity index (χ0n) is 10.9. The number of nitrogens with zero attached hydrogens (tertiary/aromatic N) is 1. The van der Waals surface area contributed by atoms with Crippen molar-refractivity contribution in [1.29, 1.82) is 5.26 Å². The highest BCUT2D eigenvalue weighted by Crippen LogP contribution is 2.26. The smallest absolute Gasteiger partial charge is 0.261 e. The molecule has 2 aromatic rings. The van der Waals surface area contributed by atoms with Crippen LogP contribution < -0.4 is 4.72 Å². The Hall–Kier alpha value is -2.10. The van der Waals surface area contributed by atoms with Crippen LogP contribution in [0.2, 0.25) is 5.02 Å². The van der Waals surface area contributed by atoms with E-state index in [9.17, 15) is 12.8 Å². The fourth-order valence-electron chi connectivity index (χ4n) is 1.64. The molecule has 4 nitrogen and oxygen atoms in total. The molecular formula is C14H10ClFN2O2S. The molecule has 0 spiro atoms. The van der Waals surface area contributed by atoms with Crippen LogP contribution >= 0.6 is 11.6 Å². The lowest BCUT2D eigenvalue weighted by Crippen LogP contribution is -2.14. The standard InChI is InChI=1S/C14H10ClFN2O2S/c1-9-2-4-11(5-3-9)21(19,20)18-14-7-13(16)12(15)6-10(14)8-17/h2-7,18H,1H3. The average molecular weight is 325 g/mol. The highest BCUT2D eigenvalue weighted by molar-refractivity contribution is 7.92. The summed E-state index contributed by atoms with van der Waals surface area (Å²) >= 11 is 5.57. The van der Waals surface area contributed by atoms with Crippen LogP contribution in [0.4, 0.5) is 10.1 Å². The van der Waals surface area contributed by atoms with E-state index in [2.05, 4.69) is 4.72 Å². The van der Waals surface area contributed by atoms with Gasteiger partial charge in [-0.1, -0.05) is 29.3 Å². The van der Waals surface area contributed by atoms with Gasteiger partial charge in [-0.2, -0.15) is 5.26 Å². The predicted octanol–water partition coefficient (Wildman–Crippen LogP) is 3.46. The molecule has 0 aromatic heterocycles. The van der Waals surface area contributed by atoms with Crippen molar-refractivity contribution in [1.82, 2.24) is 0 Å². The summed E-state index contributed by atoms with van der Waals surface area (Å²) in [4.78, 5) is 0.0207. The highest BCUT2D eigenvalue weighted by atomic mass is 35.5. The predicted molar refractivity (Wildman–Crippen MR) is 78.1 cm³/mol. The second-order valence-electron chi connectivity index (χ2n) is 4.34. The first-order valence-electron chi connectivity index (χ1n) is 5.82. The first-order chi connectivity index (χ1) is 9.83. The van der Waals surface area contributed by atoms with Gasteiger partial charge >= 0.3 is 0 Å². The minimum atomic E-state index is -3.90. The SMILES string of the molecule is Cc1ccc(S(=O)(=O)Nc2cc(F)c(Cl)cc2C#N)cc1. The summed E-state index contributed by atoms with van der Waals surface area (Å²) in [6.07, 6.45) is 0. The van der Waals surface area contributed by atoms with Gasteiger partial charge in [-0.3, -0.25) is 4.72 Å². The van der Waals surface area contributed by atoms with E-state index in [-0.39, 0.29) is 21.2 Å². The van der Waals surface area contributed by atoms with Crippen molar-refractivity contribution in [2.24, 2.45) is 0 Å². The van der Waals surface area contributed by atoms with Gasteiger partial charge in [0, 0.05) is 6.07 Å². The first kappa shape index (κ1) is 15.3. The Labute approximate surface area is 126 Å². The molecule has 0 fully saturated rings. The van der Waals surface area contributed by atoms with Gasteiger partial charge < -0.3 is 0 Å². The second-order valence-corrected chi connectivity index (χ2v) is 6.43. The summed E-state index contributed by atoms with van der Waals surface area (Å²) in [5.41, 5.74) is 0.696. The van der Waals surface area contributed by atoms with E-state index in [4.69, 9.17) is 16.9 Å². The Morgan fingerprint density at radius 2 is 1.86 bits per heavy atom. The summed E-state index contributed by atoms with van der Waals surface area (Å²) in [5.74, 6) is -0.808. The Bertz CT molecular complexity index is 827. The van der Waals surface area contributed by atoms with Crippen molar-refractivity contribution in [3.05, 3.63) is 58.4 Å². The van der Waals surface area contributed by atoms with Crippen LogP contribution in [0.25, 0.3) is 0 Å². The normalized spacial score (nSPS) is 11.0. The van der Waals surface area contributed by atoms with Gasteiger partial charge in [0.25, 0.3) is 10.0 Å². The number of hydrogen-bond donors (Lipinski definition) is 1. The van der Waals surface area contributed by atoms with E-state index >= 15 is 0 Å². The molecular weight excluding hydrogens is 315 g/mol. The third-order valence-electron chi connectivity index (χ3n) is 2.76. The van der Waals surface area contributed by atoms with Crippen LogP contribution in [0.3, 0.4) is 0 Å². The zero-order valence-corrected chi connectivity index (χ0v) is 12.5. The fraction of sp³-hybridized carbons (Fsp3) is 0.0714. The molecule has 7 heteroatoms. The van der Waals surface area contributed by atoms with Crippen LogP contribution in [-0.2, 0) is 10.0 Å². The molecule has 0 saturated carbocycles. The lowest BCUT2D eigenvalue weighted by atomic mass is 10.2. The molecule has 0 heterocycles. The quantitative estimate of drug-likeness (QED) is 0.940. The van der Waals surface area contributed by atoms with E-state index < -0.39 is 15.8 Å². The van der Waals surface area contributed by atoms with Gasteiger partial charge in [0.15, 0.2) is 0 Å². The maximum Gasteiger partial charge on any atom is 0.261 e. The summed E-state index contributed by atoms with van der Waals surface area (Å²) in [6.45, 7) is 1.83. The third kappa shape index (κ3) is 3.32. The van der Waals surface area contributed by atoms with Crippen molar-refractivity contribution < 1.29 is 12.8 Å². The number of halogens is 2. The van der Waals surface area contributed by atoms with Crippen molar-refractivity contribution in [2.45, 2.75) is 11.8 Å².